The second-order valence-corrected chi connectivity index (χ2v) is 8.48. The summed E-state index contributed by atoms with van der Waals surface area (Å²) in [5.74, 6) is -1.09. The molecular weight excluding hydrogens is 496 g/mol. The average molecular weight is 541 g/mol. The zero-order chi connectivity index (χ0) is 28.0. The molecule has 0 bridgehead atoms. The lowest BCUT2D eigenvalue weighted by Crippen LogP contribution is -2.35. The predicted octanol–water partition coefficient (Wildman–Crippen LogP) is 0.689. The second-order valence-electron chi connectivity index (χ2n) is 8.48. The van der Waals surface area contributed by atoms with E-state index < -0.39 is 0 Å². The van der Waals surface area contributed by atoms with Gasteiger partial charge in [-0.25, -0.2) is 0 Å². The van der Waals surface area contributed by atoms with Crippen molar-refractivity contribution in [3.63, 3.8) is 0 Å². The Morgan fingerprint density at radius 3 is 2.00 bits per heavy atom. The first-order valence-electron chi connectivity index (χ1n) is 12.9. The summed E-state index contributed by atoms with van der Waals surface area (Å²) in [4.78, 5) is 36.5. The lowest BCUT2D eigenvalue weighted by atomic mass is 10.1. The molecule has 0 heterocycles. The van der Waals surface area contributed by atoms with E-state index >= 15 is 0 Å². The average Bonchev–Trinajstić information content (AvgIpc) is 2.91. The highest BCUT2D eigenvalue weighted by Gasteiger charge is 2.15. The van der Waals surface area contributed by atoms with Crippen LogP contribution in [0.3, 0.4) is 0 Å². The van der Waals surface area contributed by atoms with Gasteiger partial charge < -0.3 is 45.4 Å². The third-order valence-electron chi connectivity index (χ3n) is 5.07. The van der Waals surface area contributed by atoms with Gasteiger partial charge in [0.1, 0.15) is 6.61 Å². The maximum Gasteiger partial charge on any atom is 0.308 e. The summed E-state index contributed by atoms with van der Waals surface area (Å²) in [6, 6.07) is 5.25. The number of hydrogen-bond donors (Lipinski definition) is 4. The van der Waals surface area contributed by atoms with E-state index in [4.69, 9.17) is 29.4 Å². The minimum Gasteiger partial charge on any atom is -0.461 e. The maximum absolute atomic E-state index is 12.7. The summed E-state index contributed by atoms with van der Waals surface area (Å²) >= 11 is 0. The van der Waals surface area contributed by atoms with Crippen LogP contribution in [-0.4, -0.2) is 97.3 Å². The minimum absolute atomic E-state index is 0.00433. The molecule has 12 nitrogen and oxygen atoms in total. The molecule has 1 aromatic carbocycles. The van der Waals surface area contributed by atoms with E-state index in [9.17, 15) is 14.4 Å². The Morgan fingerprint density at radius 1 is 0.842 bits per heavy atom. The largest absolute Gasteiger partial charge is 0.461 e. The molecule has 5 N–H and O–H groups in total. The number of esters is 1. The van der Waals surface area contributed by atoms with Crippen molar-refractivity contribution in [1.29, 1.82) is 0 Å². The van der Waals surface area contributed by atoms with Crippen molar-refractivity contribution in [2.75, 3.05) is 84.9 Å². The van der Waals surface area contributed by atoms with Gasteiger partial charge in [0.25, 0.3) is 5.91 Å². The SMILES string of the molecule is CNc1ccc(COC(=O)C(C)C)c(C(=O)NCCNC(=O)CCOCCOCCOCCOCCN)c1. The molecule has 0 saturated carbocycles. The molecule has 0 aliphatic heterocycles. The third kappa shape index (κ3) is 15.5. The summed E-state index contributed by atoms with van der Waals surface area (Å²) < 4.78 is 26.6. The number of carbonyl (C=O) groups excluding carboxylic acids is 3. The number of rotatable bonds is 22. The van der Waals surface area contributed by atoms with Gasteiger partial charge in [0.2, 0.25) is 5.91 Å². The normalized spacial score (nSPS) is 10.9. The van der Waals surface area contributed by atoms with Crippen LogP contribution in [-0.2, 0) is 39.9 Å². The van der Waals surface area contributed by atoms with Crippen LogP contribution in [0, 0.1) is 5.92 Å². The first-order chi connectivity index (χ1) is 18.4. The van der Waals surface area contributed by atoms with E-state index in [0.717, 1.165) is 5.69 Å². The zero-order valence-electron chi connectivity index (χ0n) is 22.8. The van der Waals surface area contributed by atoms with Crippen molar-refractivity contribution in [2.45, 2.75) is 26.9 Å². The van der Waals surface area contributed by atoms with Gasteiger partial charge in [-0.3, -0.25) is 14.4 Å². The van der Waals surface area contributed by atoms with Gasteiger partial charge in [0, 0.05) is 49.9 Å². The van der Waals surface area contributed by atoms with Crippen LogP contribution >= 0.6 is 0 Å². The first kappa shape index (κ1) is 33.3. The van der Waals surface area contributed by atoms with Crippen molar-refractivity contribution < 1.29 is 38.1 Å². The van der Waals surface area contributed by atoms with Gasteiger partial charge in [0.05, 0.1) is 58.8 Å². The van der Waals surface area contributed by atoms with Gasteiger partial charge in [0.15, 0.2) is 0 Å². The molecule has 1 aromatic rings. The Kier molecular flexibility index (Phi) is 18.5. The number of ether oxygens (including phenoxy) is 5. The third-order valence-corrected chi connectivity index (χ3v) is 5.07. The van der Waals surface area contributed by atoms with Crippen LogP contribution in [0.1, 0.15) is 36.2 Å². The summed E-state index contributed by atoms with van der Waals surface area (Å²) in [7, 11) is 1.75. The Bertz CT molecular complexity index is 822. The molecule has 0 fully saturated rings. The fourth-order valence-electron chi connectivity index (χ4n) is 2.96. The predicted molar refractivity (Wildman–Crippen MR) is 143 cm³/mol. The molecule has 0 aromatic heterocycles. The minimum atomic E-state index is -0.334. The van der Waals surface area contributed by atoms with Crippen molar-refractivity contribution in [1.82, 2.24) is 10.6 Å². The molecule has 0 unspecified atom stereocenters. The number of benzene rings is 1. The highest BCUT2D eigenvalue weighted by atomic mass is 16.6. The Hall–Kier alpha value is -2.77. The number of nitrogens with one attached hydrogen (secondary N) is 3. The molecule has 216 valence electrons. The van der Waals surface area contributed by atoms with E-state index in [1.807, 2.05) is 0 Å². The number of amides is 2. The molecule has 0 aliphatic carbocycles. The van der Waals surface area contributed by atoms with E-state index in [2.05, 4.69) is 16.0 Å². The molecule has 0 atom stereocenters. The highest BCUT2D eigenvalue weighted by Crippen LogP contribution is 2.17. The number of carbonyl (C=O) groups is 3. The Labute approximate surface area is 225 Å². The fourth-order valence-corrected chi connectivity index (χ4v) is 2.96. The van der Waals surface area contributed by atoms with E-state index in [0.29, 0.717) is 63.9 Å². The van der Waals surface area contributed by atoms with Crippen LogP contribution in [0.15, 0.2) is 18.2 Å². The zero-order valence-corrected chi connectivity index (χ0v) is 22.8. The smallest absolute Gasteiger partial charge is 0.308 e. The molecule has 2 amide bonds. The lowest BCUT2D eigenvalue weighted by molar-refractivity contribution is -0.148. The molecule has 12 heteroatoms. The van der Waals surface area contributed by atoms with Gasteiger partial charge in [-0.05, 0) is 12.1 Å². The molecule has 1 rings (SSSR count). The standard InChI is InChI=1S/C26H44N4O8/c1-20(2)26(33)38-19-21-4-5-22(28-3)18-23(21)25(32)30-9-8-29-24(31)6-10-34-12-14-36-16-17-37-15-13-35-11-7-27/h4-5,18,20,28H,6-17,19,27H2,1-3H3,(H,29,31)(H,30,32). The Morgan fingerprint density at radius 2 is 1.42 bits per heavy atom. The summed E-state index contributed by atoms with van der Waals surface area (Å²) in [5, 5.41) is 8.51. The molecule has 0 spiro atoms. The topological polar surface area (TPSA) is 159 Å². The molecule has 0 radical (unpaired) electrons. The molecule has 0 aliphatic rings. The summed E-state index contributed by atoms with van der Waals surface area (Å²) in [6.45, 7) is 8.04. The monoisotopic (exact) mass is 540 g/mol. The van der Waals surface area contributed by atoms with Gasteiger partial charge in [-0.2, -0.15) is 0 Å². The van der Waals surface area contributed by atoms with E-state index in [-0.39, 0.29) is 56.4 Å². The first-order valence-corrected chi connectivity index (χ1v) is 12.9. The van der Waals surface area contributed by atoms with Crippen LogP contribution in [0.2, 0.25) is 0 Å². The van der Waals surface area contributed by atoms with Gasteiger partial charge in [-0.15, -0.1) is 0 Å². The fraction of sp³-hybridized carbons (Fsp3) is 0.654. The number of hydrogen-bond acceptors (Lipinski definition) is 10. The summed E-state index contributed by atoms with van der Waals surface area (Å²) in [5.41, 5.74) is 7.07. The summed E-state index contributed by atoms with van der Waals surface area (Å²) in [6.07, 6.45) is 0.204. The van der Waals surface area contributed by atoms with Crippen molar-refractivity contribution >= 4 is 23.5 Å². The quantitative estimate of drug-likeness (QED) is 0.122. The van der Waals surface area contributed by atoms with Crippen LogP contribution in [0.5, 0.6) is 0 Å². The van der Waals surface area contributed by atoms with Gasteiger partial charge >= 0.3 is 5.97 Å². The second kappa shape index (κ2) is 21.2. The lowest BCUT2D eigenvalue weighted by Gasteiger charge is -2.14. The van der Waals surface area contributed by atoms with Crippen molar-refractivity contribution in [3.05, 3.63) is 29.3 Å². The number of anilines is 1. The molecular formula is C26H44N4O8. The van der Waals surface area contributed by atoms with Gasteiger partial charge in [-0.1, -0.05) is 19.9 Å². The van der Waals surface area contributed by atoms with Crippen LogP contribution < -0.4 is 21.7 Å². The van der Waals surface area contributed by atoms with Crippen LogP contribution in [0.25, 0.3) is 0 Å². The maximum atomic E-state index is 12.7. The van der Waals surface area contributed by atoms with Crippen LogP contribution in [0.4, 0.5) is 5.69 Å². The van der Waals surface area contributed by atoms with E-state index in [1.54, 1.807) is 39.1 Å². The van der Waals surface area contributed by atoms with Crippen molar-refractivity contribution in [2.24, 2.45) is 11.7 Å². The highest BCUT2D eigenvalue weighted by molar-refractivity contribution is 5.96. The molecule has 0 saturated heterocycles. The molecule has 38 heavy (non-hydrogen) atoms. The van der Waals surface area contributed by atoms with E-state index in [1.165, 1.54) is 0 Å². The number of nitrogens with two attached hydrogens (primary N) is 1. The van der Waals surface area contributed by atoms with Crippen molar-refractivity contribution in [3.8, 4) is 0 Å². The Balaban J connectivity index is 2.17.